The summed E-state index contributed by atoms with van der Waals surface area (Å²) in [6.07, 6.45) is 0. The van der Waals surface area contributed by atoms with Crippen LogP contribution in [0.1, 0.15) is 11.1 Å². The highest BCUT2D eigenvalue weighted by atomic mass is 32.2. The van der Waals surface area contributed by atoms with Crippen LogP contribution in [0.4, 0.5) is 5.69 Å². The van der Waals surface area contributed by atoms with Crippen LogP contribution in [-0.2, 0) is 20.0 Å². The lowest BCUT2D eigenvalue weighted by molar-refractivity contribution is 0.415. The van der Waals surface area contributed by atoms with Crippen molar-refractivity contribution in [3.05, 3.63) is 83.9 Å². The van der Waals surface area contributed by atoms with Crippen molar-refractivity contribution in [2.45, 2.75) is 9.79 Å². The first-order valence-corrected chi connectivity index (χ1v) is 12.0. The van der Waals surface area contributed by atoms with Gasteiger partial charge in [0.1, 0.15) is 15.5 Å². The monoisotopic (exact) mass is 453 g/mol. The minimum Gasteiger partial charge on any atom is -0.497 e. The second kappa shape index (κ2) is 6.76. The van der Waals surface area contributed by atoms with Gasteiger partial charge >= 0.3 is 0 Å². The molecule has 2 aliphatic rings. The Hall–Kier alpha value is -3.50. The van der Waals surface area contributed by atoms with Crippen LogP contribution in [0, 0.1) is 0 Å². The highest BCUT2D eigenvalue weighted by molar-refractivity contribution is 7.91. The van der Waals surface area contributed by atoms with Gasteiger partial charge in [0, 0.05) is 16.8 Å². The smallest absolute Gasteiger partial charge is 0.285 e. The average molecular weight is 454 g/mol. The van der Waals surface area contributed by atoms with Gasteiger partial charge in [-0.05, 0) is 48.5 Å². The van der Waals surface area contributed by atoms with Crippen LogP contribution in [0.2, 0.25) is 0 Å². The second-order valence-corrected chi connectivity index (χ2v) is 9.95. The maximum absolute atomic E-state index is 12.7. The van der Waals surface area contributed by atoms with Crippen LogP contribution >= 0.6 is 0 Å². The number of fused-ring (bicyclic) bond motifs is 2. The molecule has 2 heterocycles. The van der Waals surface area contributed by atoms with E-state index in [9.17, 15) is 16.8 Å². The molecule has 3 aromatic rings. The molecule has 0 saturated heterocycles. The van der Waals surface area contributed by atoms with E-state index in [1.165, 1.54) is 24.1 Å². The van der Waals surface area contributed by atoms with Crippen LogP contribution in [0.3, 0.4) is 0 Å². The SMILES string of the molecule is COc1ccc(N(C2=NS(=O)(=O)c3ccccc32)C2=NS(=O)(=O)c3ccccc32)cc1. The largest absolute Gasteiger partial charge is 0.497 e. The quantitative estimate of drug-likeness (QED) is 0.591. The fourth-order valence-corrected chi connectivity index (χ4v) is 5.96. The Morgan fingerprint density at radius 3 is 1.58 bits per heavy atom. The van der Waals surface area contributed by atoms with Crippen molar-refractivity contribution in [1.82, 2.24) is 0 Å². The summed E-state index contributed by atoms with van der Waals surface area (Å²) in [6, 6.07) is 19.6. The minimum absolute atomic E-state index is 0.0539. The molecule has 31 heavy (non-hydrogen) atoms. The molecule has 0 spiro atoms. The Morgan fingerprint density at radius 2 is 1.13 bits per heavy atom. The van der Waals surface area contributed by atoms with Gasteiger partial charge in [0.15, 0.2) is 11.7 Å². The normalized spacial score (nSPS) is 17.3. The molecule has 0 saturated carbocycles. The van der Waals surface area contributed by atoms with Gasteiger partial charge in [-0.25, -0.2) is 0 Å². The van der Waals surface area contributed by atoms with E-state index in [4.69, 9.17) is 4.74 Å². The van der Waals surface area contributed by atoms with Gasteiger partial charge in [0.2, 0.25) is 0 Å². The number of amidine groups is 2. The summed E-state index contributed by atoms with van der Waals surface area (Å²) in [5, 5.41) is 0. The topological polar surface area (TPSA) is 105 Å². The van der Waals surface area contributed by atoms with Crippen molar-refractivity contribution in [3.63, 3.8) is 0 Å². The molecule has 0 amide bonds. The van der Waals surface area contributed by atoms with Crippen LogP contribution in [-0.4, -0.2) is 35.6 Å². The third kappa shape index (κ3) is 3.03. The second-order valence-electron chi connectivity index (χ2n) is 6.81. The van der Waals surface area contributed by atoms with Crippen molar-refractivity contribution in [2.24, 2.45) is 8.80 Å². The highest BCUT2D eigenvalue weighted by Crippen LogP contribution is 2.35. The van der Waals surface area contributed by atoms with Crippen LogP contribution in [0.25, 0.3) is 0 Å². The van der Waals surface area contributed by atoms with Gasteiger partial charge in [-0.3, -0.25) is 4.90 Å². The Balaban J connectivity index is 1.79. The summed E-state index contributed by atoms with van der Waals surface area (Å²) in [6.45, 7) is 0. The van der Waals surface area contributed by atoms with Crippen molar-refractivity contribution < 1.29 is 21.6 Å². The molecular weight excluding hydrogens is 438 g/mol. The number of ether oxygens (including phenoxy) is 1. The van der Waals surface area contributed by atoms with Gasteiger partial charge in [-0.1, -0.05) is 24.3 Å². The van der Waals surface area contributed by atoms with Crippen LogP contribution < -0.4 is 9.64 Å². The number of hydrogen-bond donors (Lipinski definition) is 0. The number of nitrogens with zero attached hydrogens (tertiary/aromatic N) is 3. The van der Waals surface area contributed by atoms with Gasteiger partial charge in [0.25, 0.3) is 20.0 Å². The number of methoxy groups -OCH3 is 1. The molecule has 0 aliphatic carbocycles. The molecule has 0 atom stereocenters. The lowest BCUT2D eigenvalue weighted by Crippen LogP contribution is -2.37. The zero-order valence-electron chi connectivity index (χ0n) is 16.1. The molecular formula is C21H15N3O5S2. The molecule has 3 aromatic carbocycles. The molecule has 0 N–H and O–H groups in total. The molecule has 8 nitrogen and oxygen atoms in total. The van der Waals surface area contributed by atoms with E-state index in [-0.39, 0.29) is 21.5 Å². The molecule has 0 bridgehead atoms. The maximum Gasteiger partial charge on any atom is 0.285 e. The summed E-state index contributed by atoms with van der Waals surface area (Å²) in [4.78, 5) is 1.56. The fraction of sp³-hybridized carbons (Fsp3) is 0.0476. The van der Waals surface area contributed by atoms with E-state index < -0.39 is 20.0 Å². The number of sulfonamides is 2. The van der Waals surface area contributed by atoms with Gasteiger partial charge in [0.05, 0.1) is 7.11 Å². The first kappa shape index (κ1) is 19.5. The number of hydrogen-bond acceptors (Lipinski definition) is 6. The summed E-state index contributed by atoms with van der Waals surface area (Å²) in [5.41, 5.74) is 1.21. The molecule has 0 aromatic heterocycles. The van der Waals surface area contributed by atoms with Gasteiger partial charge in [-0.15, -0.1) is 8.80 Å². The van der Waals surface area contributed by atoms with E-state index in [2.05, 4.69) is 8.80 Å². The lowest BCUT2D eigenvalue weighted by Gasteiger charge is -2.24. The molecule has 10 heteroatoms. The predicted molar refractivity (Wildman–Crippen MR) is 116 cm³/mol. The van der Waals surface area contributed by atoms with Gasteiger partial charge < -0.3 is 4.74 Å². The highest BCUT2D eigenvalue weighted by Gasteiger charge is 2.39. The zero-order chi connectivity index (χ0) is 21.8. The Labute approximate surface area is 179 Å². The Bertz CT molecular complexity index is 1400. The molecule has 0 unspecified atom stereocenters. The molecule has 2 aliphatic heterocycles. The van der Waals surface area contributed by atoms with E-state index in [0.29, 0.717) is 22.6 Å². The first-order chi connectivity index (χ1) is 14.8. The average Bonchev–Trinajstić information content (AvgIpc) is 3.20. The number of benzene rings is 3. The summed E-state index contributed by atoms with van der Waals surface area (Å²) >= 11 is 0. The third-order valence-electron chi connectivity index (χ3n) is 4.98. The maximum atomic E-state index is 12.7. The predicted octanol–water partition coefficient (Wildman–Crippen LogP) is 2.80. The summed E-state index contributed by atoms with van der Waals surface area (Å²) in [5.74, 6) is 0.740. The lowest BCUT2D eigenvalue weighted by atomic mass is 10.1. The van der Waals surface area contributed by atoms with E-state index in [1.54, 1.807) is 60.7 Å². The fourth-order valence-electron chi connectivity index (χ4n) is 3.58. The Morgan fingerprint density at radius 1 is 0.677 bits per heavy atom. The molecule has 0 radical (unpaired) electrons. The van der Waals surface area contributed by atoms with Crippen LogP contribution in [0.15, 0.2) is 91.4 Å². The van der Waals surface area contributed by atoms with E-state index in [0.717, 1.165) is 0 Å². The number of anilines is 1. The van der Waals surface area contributed by atoms with Crippen molar-refractivity contribution >= 4 is 37.4 Å². The van der Waals surface area contributed by atoms with Crippen molar-refractivity contribution in [1.29, 1.82) is 0 Å². The van der Waals surface area contributed by atoms with Gasteiger partial charge in [-0.2, -0.15) is 16.8 Å². The van der Waals surface area contributed by atoms with Crippen molar-refractivity contribution in [2.75, 3.05) is 12.0 Å². The standard InChI is InChI=1S/C21H15N3O5S2/c1-29-15-12-10-14(11-13-15)24(20-16-6-2-4-8-18(16)30(25,26)22-20)21-17-7-3-5-9-19(17)31(27,28)23-21/h2-13H,1H3. The Kier molecular flexibility index (Phi) is 4.24. The first-order valence-electron chi connectivity index (χ1n) is 9.15. The zero-order valence-corrected chi connectivity index (χ0v) is 17.8. The number of rotatable bonds is 2. The molecule has 156 valence electrons. The van der Waals surface area contributed by atoms with E-state index >= 15 is 0 Å². The van der Waals surface area contributed by atoms with E-state index in [1.807, 2.05) is 0 Å². The third-order valence-corrected chi connectivity index (χ3v) is 7.63. The summed E-state index contributed by atoms with van der Waals surface area (Å²) in [7, 11) is -6.35. The summed E-state index contributed by atoms with van der Waals surface area (Å²) < 4.78 is 64.0. The van der Waals surface area contributed by atoms with Crippen LogP contribution in [0.5, 0.6) is 5.75 Å². The molecule has 5 rings (SSSR count). The minimum atomic E-state index is -3.94. The van der Waals surface area contributed by atoms with Crippen molar-refractivity contribution in [3.8, 4) is 5.75 Å². The molecule has 0 fully saturated rings.